The highest BCUT2D eigenvalue weighted by Gasteiger charge is 2.12. The van der Waals surface area contributed by atoms with E-state index in [1.165, 1.54) is 45.7 Å². The summed E-state index contributed by atoms with van der Waals surface area (Å²) in [5, 5.41) is 0. The van der Waals surface area contributed by atoms with Gasteiger partial charge in [0.2, 0.25) is 0 Å². The topological polar surface area (TPSA) is 26.0 Å². The zero-order chi connectivity index (χ0) is 13.2. The molecule has 3 rings (SSSR count). The molecule has 3 heteroatoms. The van der Waals surface area contributed by atoms with Crippen molar-refractivity contribution in [2.75, 3.05) is 0 Å². The van der Waals surface area contributed by atoms with Gasteiger partial charge >= 0.3 is 0 Å². The van der Waals surface area contributed by atoms with Gasteiger partial charge in [0.15, 0.2) is 0 Å². The Labute approximate surface area is 126 Å². The molecule has 0 amide bonds. The number of nitrogens with two attached hydrogens (primary N) is 1. The Morgan fingerprint density at radius 1 is 1.05 bits per heavy atom. The van der Waals surface area contributed by atoms with Gasteiger partial charge in [0.25, 0.3) is 0 Å². The molecule has 0 heterocycles. The van der Waals surface area contributed by atoms with Gasteiger partial charge in [-0.2, -0.15) is 0 Å². The molecule has 0 radical (unpaired) electrons. The molecule has 2 N–H and O–H groups in total. The summed E-state index contributed by atoms with van der Waals surface area (Å²) in [5.74, 6) is 0. The molecule has 98 valence electrons. The van der Waals surface area contributed by atoms with Crippen molar-refractivity contribution in [3.05, 3.63) is 57.6 Å². The number of halogens is 1. The molecule has 1 aliphatic carbocycles. The van der Waals surface area contributed by atoms with Crippen molar-refractivity contribution in [2.24, 2.45) is 5.73 Å². The van der Waals surface area contributed by atoms with Crippen LogP contribution in [0, 0.1) is 0 Å². The zero-order valence-electron chi connectivity index (χ0n) is 10.7. The van der Waals surface area contributed by atoms with Crippen LogP contribution in [0.5, 0.6) is 0 Å². The van der Waals surface area contributed by atoms with Crippen molar-refractivity contribution in [2.45, 2.75) is 35.6 Å². The second kappa shape index (κ2) is 5.70. The van der Waals surface area contributed by atoms with Crippen molar-refractivity contribution < 1.29 is 0 Å². The van der Waals surface area contributed by atoms with Crippen LogP contribution in [-0.2, 0) is 19.4 Å². The molecule has 0 aromatic heterocycles. The fraction of sp³-hybridized carbons (Fsp3) is 0.250. The van der Waals surface area contributed by atoms with Gasteiger partial charge in [-0.1, -0.05) is 39.8 Å². The highest BCUT2D eigenvalue weighted by molar-refractivity contribution is 9.10. The summed E-state index contributed by atoms with van der Waals surface area (Å²) < 4.78 is 1.10. The lowest BCUT2D eigenvalue weighted by atomic mass is 10.1. The van der Waals surface area contributed by atoms with Gasteiger partial charge in [0.1, 0.15) is 0 Å². The van der Waals surface area contributed by atoms with Crippen LogP contribution in [0.25, 0.3) is 0 Å². The van der Waals surface area contributed by atoms with Crippen molar-refractivity contribution in [3.63, 3.8) is 0 Å². The molecule has 0 saturated heterocycles. The third-order valence-electron chi connectivity index (χ3n) is 3.55. The third kappa shape index (κ3) is 2.88. The minimum atomic E-state index is 0.584. The first-order chi connectivity index (χ1) is 9.26. The quantitative estimate of drug-likeness (QED) is 0.891. The first-order valence-corrected chi connectivity index (χ1v) is 8.15. The molecule has 2 aromatic rings. The van der Waals surface area contributed by atoms with E-state index in [0.29, 0.717) is 6.54 Å². The smallest absolute Gasteiger partial charge is 0.0189 e. The highest BCUT2D eigenvalue weighted by atomic mass is 79.9. The number of hydrogen-bond donors (Lipinski definition) is 1. The summed E-state index contributed by atoms with van der Waals surface area (Å²) >= 11 is 5.34. The maximum absolute atomic E-state index is 5.82. The first kappa shape index (κ1) is 13.2. The predicted octanol–water partition coefficient (Wildman–Crippen LogP) is 4.55. The summed E-state index contributed by atoms with van der Waals surface area (Å²) in [6.07, 6.45) is 3.77. The Bertz CT molecular complexity index is 610. The minimum absolute atomic E-state index is 0.584. The normalized spacial score (nSPS) is 13.6. The van der Waals surface area contributed by atoms with Gasteiger partial charge in [-0.15, -0.1) is 0 Å². The molecule has 0 unspecified atom stereocenters. The van der Waals surface area contributed by atoms with Crippen LogP contribution >= 0.6 is 27.7 Å². The number of benzene rings is 2. The standard InChI is InChI=1S/C16H16BrNS/c17-14-6-4-13(10-18)16(9-14)19-15-7-5-11-2-1-3-12(11)8-15/h4-9H,1-3,10,18H2. The Balaban J connectivity index is 1.90. The van der Waals surface area contributed by atoms with E-state index >= 15 is 0 Å². The number of aryl methyl sites for hydroxylation is 2. The van der Waals surface area contributed by atoms with Gasteiger partial charge < -0.3 is 5.73 Å². The van der Waals surface area contributed by atoms with E-state index < -0.39 is 0 Å². The summed E-state index contributed by atoms with van der Waals surface area (Å²) in [7, 11) is 0. The zero-order valence-corrected chi connectivity index (χ0v) is 13.1. The second-order valence-corrected chi connectivity index (χ2v) is 6.87. The van der Waals surface area contributed by atoms with Crippen molar-refractivity contribution in [3.8, 4) is 0 Å². The lowest BCUT2D eigenvalue weighted by Crippen LogP contribution is -1.98. The largest absolute Gasteiger partial charge is 0.326 e. The summed E-state index contributed by atoms with van der Waals surface area (Å²) in [6, 6.07) is 13.2. The molecule has 0 aliphatic heterocycles. The fourth-order valence-corrected chi connectivity index (χ4v) is 4.10. The van der Waals surface area contributed by atoms with Crippen LogP contribution in [0.1, 0.15) is 23.1 Å². The van der Waals surface area contributed by atoms with E-state index in [1.54, 1.807) is 0 Å². The Hall–Kier alpha value is -0.770. The summed E-state index contributed by atoms with van der Waals surface area (Å²) in [6.45, 7) is 0.584. The lowest BCUT2D eigenvalue weighted by Gasteiger charge is -2.09. The molecule has 19 heavy (non-hydrogen) atoms. The predicted molar refractivity (Wildman–Crippen MR) is 84.6 cm³/mol. The van der Waals surface area contributed by atoms with E-state index in [4.69, 9.17) is 5.73 Å². The summed E-state index contributed by atoms with van der Waals surface area (Å²) in [5.41, 5.74) is 10.1. The van der Waals surface area contributed by atoms with Crippen LogP contribution in [0.2, 0.25) is 0 Å². The Kier molecular flexibility index (Phi) is 3.96. The molecule has 0 atom stereocenters. The molecule has 0 fully saturated rings. The Morgan fingerprint density at radius 3 is 2.74 bits per heavy atom. The SMILES string of the molecule is NCc1ccc(Br)cc1Sc1ccc2c(c1)CCC2. The van der Waals surface area contributed by atoms with Gasteiger partial charge in [0.05, 0.1) is 0 Å². The molecular weight excluding hydrogens is 318 g/mol. The molecule has 1 aliphatic rings. The molecule has 0 saturated carbocycles. The van der Waals surface area contributed by atoms with Gasteiger partial charge in [0, 0.05) is 20.8 Å². The average molecular weight is 334 g/mol. The maximum Gasteiger partial charge on any atom is 0.0189 e. The van der Waals surface area contributed by atoms with Gasteiger partial charge in [-0.25, -0.2) is 0 Å². The monoisotopic (exact) mass is 333 g/mol. The summed E-state index contributed by atoms with van der Waals surface area (Å²) in [4.78, 5) is 2.56. The molecule has 0 spiro atoms. The number of rotatable bonds is 3. The van der Waals surface area contributed by atoms with E-state index in [1.807, 2.05) is 11.8 Å². The van der Waals surface area contributed by atoms with Crippen molar-refractivity contribution in [1.29, 1.82) is 0 Å². The molecule has 0 bridgehead atoms. The Morgan fingerprint density at radius 2 is 1.89 bits per heavy atom. The van der Waals surface area contributed by atoms with Crippen molar-refractivity contribution >= 4 is 27.7 Å². The second-order valence-electron chi connectivity index (χ2n) is 4.84. The van der Waals surface area contributed by atoms with Crippen LogP contribution in [0.3, 0.4) is 0 Å². The minimum Gasteiger partial charge on any atom is -0.326 e. The molecule has 1 nitrogen and oxygen atoms in total. The van der Waals surface area contributed by atoms with E-state index in [-0.39, 0.29) is 0 Å². The number of hydrogen-bond acceptors (Lipinski definition) is 2. The molecule has 2 aromatic carbocycles. The van der Waals surface area contributed by atoms with Gasteiger partial charge in [-0.3, -0.25) is 0 Å². The van der Waals surface area contributed by atoms with E-state index in [9.17, 15) is 0 Å². The van der Waals surface area contributed by atoms with Gasteiger partial charge in [-0.05, 0) is 60.2 Å². The third-order valence-corrected chi connectivity index (χ3v) is 5.13. The van der Waals surface area contributed by atoms with Crippen LogP contribution in [0.15, 0.2) is 50.7 Å². The van der Waals surface area contributed by atoms with Crippen LogP contribution in [0.4, 0.5) is 0 Å². The van der Waals surface area contributed by atoms with Crippen LogP contribution < -0.4 is 5.73 Å². The maximum atomic E-state index is 5.82. The first-order valence-electron chi connectivity index (χ1n) is 6.54. The van der Waals surface area contributed by atoms with Crippen molar-refractivity contribution in [1.82, 2.24) is 0 Å². The lowest BCUT2D eigenvalue weighted by molar-refractivity contribution is 0.911. The van der Waals surface area contributed by atoms with E-state index in [0.717, 1.165) is 4.47 Å². The average Bonchev–Trinajstić information content (AvgIpc) is 2.86. The highest BCUT2D eigenvalue weighted by Crippen LogP contribution is 2.35. The molecular formula is C16H16BrNS. The van der Waals surface area contributed by atoms with E-state index in [2.05, 4.69) is 52.3 Å². The number of fused-ring (bicyclic) bond motifs is 1. The fourth-order valence-electron chi connectivity index (χ4n) is 2.53. The van der Waals surface area contributed by atoms with Crippen LogP contribution in [-0.4, -0.2) is 0 Å².